The van der Waals surface area contributed by atoms with Gasteiger partial charge >= 0.3 is 0 Å². The molecule has 2 N–H and O–H groups in total. The summed E-state index contributed by atoms with van der Waals surface area (Å²) in [6.45, 7) is 0. The van der Waals surface area contributed by atoms with Crippen LogP contribution in [0.2, 0.25) is 5.02 Å². The quantitative estimate of drug-likeness (QED) is 0.577. The van der Waals surface area contributed by atoms with Gasteiger partial charge in [-0.05, 0) is 0 Å². The molecule has 14 heavy (non-hydrogen) atoms. The molecule has 2 aromatic rings. The van der Waals surface area contributed by atoms with Gasteiger partial charge in [0.2, 0.25) is 0 Å². The Balaban J connectivity index is 2.77. The number of nitrogens with two attached hydrogens (primary N) is 1. The summed E-state index contributed by atoms with van der Waals surface area (Å²) in [5, 5.41) is 10.6. The van der Waals surface area contributed by atoms with Crippen LogP contribution >= 0.6 is 11.6 Å². The Kier molecular flexibility index (Phi) is 1.78. The number of rotatable bonds is 1. The lowest BCUT2D eigenvalue weighted by molar-refractivity contribution is -0.384. The molecule has 72 valence electrons. The molecule has 0 atom stereocenters. The van der Waals surface area contributed by atoms with E-state index >= 15 is 0 Å². The third kappa shape index (κ3) is 1.25. The van der Waals surface area contributed by atoms with Gasteiger partial charge in [-0.15, -0.1) is 0 Å². The van der Waals surface area contributed by atoms with Gasteiger partial charge in [-0.25, -0.2) is 0 Å². The number of nitro benzene ring substituents is 1. The third-order valence-electron chi connectivity index (χ3n) is 1.66. The van der Waals surface area contributed by atoms with Crippen molar-refractivity contribution in [3.05, 3.63) is 27.3 Å². The molecule has 7 heteroatoms. The molecule has 0 aliphatic rings. The molecule has 0 spiro atoms. The smallest absolute Gasteiger partial charge is 0.293 e. The van der Waals surface area contributed by atoms with E-state index in [1.54, 1.807) is 0 Å². The number of oxazole rings is 1. The highest BCUT2D eigenvalue weighted by Gasteiger charge is 2.14. The van der Waals surface area contributed by atoms with Crippen LogP contribution in [-0.2, 0) is 0 Å². The lowest BCUT2D eigenvalue weighted by atomic mass is 10.3. The van der Waals surface area contributed by atoms with Crippen molar-refractivity contribution in [1.29, 1.82) is 0 Å². The summed E-state index contributed by atoms with van der Waals surface area (Å²) in [6.07, 6.45) is 0. The van der Waals surface area contributed by atoms with Crippen LogP contribution in [0.4, 0.5) is 11.7 Å². The van der Waals surface area contributed by atoms with Crippen LogP contribution in [0.1, 0.15) is 0 Å². The van der Waals surface area contributed by atoms with Gasteiger partial charge in [0.05, 0.1) is 9.95 Å². The molecule has 0 aliphatic heterocycles. The van der Waals surface area contributed by atoms with Crippen molar-refractivity contribution in [3.8, 4) is 0 Å². The summed E-state index contributed by atoms with van der Waals surface area (Å²) >= 11 is 5.73. The first-order chi connectivity index (χ1) is 6.58. The number of benzene rings is 1. The minimum absolute atomic E-state index is 0.0672. The van der Waals surface area contributed by atoms with Crippen molar-refractivity contribution >= 4 is 34.4 Å². The molecule has 0 aliphatic carbocycles. The van der Waals surface area contributed by atoms with E-state index in [1.165, 1.54) is 12.1 Å². The van der Waals surface area contributed by atoms with Gasteiger partial charge in [-0.1, -0.05) is 11.6 Å². The summed E-state index contributed by atoms with van der Waals surface area (Å²) in [6, 6.07) is 2.37. The number of nitro groups is 1. The molecule has 0 bridgehead atoms. The summed E-state index contributed by atoms with van der Waals surface area (Å²) in [5.41, 5.74) is 5.67. The maximum absolute atomic E-state index is 10.5. The summed E-state index contributed by atoms with van der Waals surface area (Å²) in [4.78, 5) is 13.6. The van der Waals surface area contributed by atoms with Crippen LogP contribution in [0, 0.1) is 10.1 Å². The van der Waals surface area contributed by atoms with Crippen LogP contribution in [-0.4, -0.2) is 9.91 Å². The van der Waals surface area contributed by atoms with Crippen molar-refractivity contribution in [2.45, 2.75) is 0 Å². The number of aromatic nitrogens is 1. The zero-order valence-electron chi connectivity index (χ0n) is 6.73. The summed E-state index contributed by atoms with van der Waals surface area (Å²) in [5.74, 6) is 0. The lowest BCUT2D eigenvalue weighted by Crippen LogP contribution is -1.87. The number of nitrogen functional groups attached to an aromatic ring is 1. The Bertz CT molecular complexity index is 522. The van der Waals surface area contributed by atoms with E-state index in [0.29, 0.717) is 0 Å². The largest absolute Gasteiger partial charge is 0.422 e. The molecule has 0 unspecified atom stereocenters. The first-order valence-electron chi connectivity index (χ1n) is 3.58. The van der Waals surface area contributed by atoms with Crippen molar-refractivity contribution in [1.82, 2.24) is 4.98 Å². The van der Waals surface area contributed by atoms with Crippen molar-refractivity contribution in [2.75, 3.05) is 5.73 Å². The van der Waals surface area contributed by atoms with Crippen LogP contribution in [0.25, 0.3) is 11.1 Å². The zero-order valence-corrected chi connectivity index (χ0v) is 7.49. The molecule has 1 aromatic carbocycles. The SMILES string of the molecule is Nc1nc2cc([N+](=O)[O-])cc(Cl)c2o1. The molecule has 0 saturated carbocycles. The highest BCUT2D eigenvalue weighted by molar-refractivity contribution is 6.35. The van der Waals surface area contributed by atoms with Crippen molar-refractivity contribution < 1.29 is 9.34 Å². The minimum Gasteiger partial charge on any atom is -0.422 e. The fraction of sp³-hybridized carbons (Fsp3) is 0. The molecule has 0 fully saturated rings. The fourth-order valence-electron chi connectivity index (χ4n) is 1.10. The molecule has 2 rings (SSSR count). The molecule has 1 heterocycles. The maximum atomic E-state index is 10.5. The standard InChI is InChI=1S/C7H4ClN3O3/c8-4-1-3(11(12)13)2-5-6(4)14-7(9)10-5/h1-2H,(H2,9,10). The second kappa shape index (κ2) is 2.85. The highest BCUT2D eigenvalue weighted by atomic mass is 35.5. The van der Waals surface area contributed by atoms with Gasteiger partial charge in [0.1, 0.15) is 5.52 Å². The molecule has 6 nitrogen and oxygen atoms in total. The van der Waals surface area contributed by atoms with Crippen molar-refractivity contribution in [2.24, 2.45) is 0 Å². The first kappa shape index (κ1) is 8.76. The Labute approximate surface area is 82.4 Å². The Morgan fingerprint density at radius 2 is 2.29 bits per heavy atom. The summed E-state index contributed by atoms with van der Waals surface area (Å²) in [7, 11) is 0. The van der Waals surface area contributed by atoms with E-state index in [-0.39, 0.29) is 27.8 Å². The fourth-order valence-corrected chi connectivity index (χ4v) is 1.35. The van der Waals surface area contributed by atoms with Crippen LogP contribution in [0.3, 0.4) is 0 Å². The minimum atomic E-state index is -0.559. The number of nitrogens with zero attached hydrogens (tertiary/aromatic N) is 2. The predicted molar refractivity (Wildman–Crippen MR) is 50.1 cm³/mol. The molecular formula is C7H4ClN3O3. The van der Waals surface area contributed by atoms with Crippen LogP contribution in [0.15, 0.2) is 16.5 Å². The van der Waals surface area contributed by atoms with Crippen LogP contribution < -0.4 is 5.73 Å². The average Bonchev–Trinajstić information content (AvgIpc) is 2.45. The van der Waals surface area contributed by atoms with Gasteiger partial charge in [0, 0.05) is 12.1 Å². The Morgan fingerprint density at radius 1 is 1.57 bits per heavy atom. The number of fused-ring (bicyclic) bond motifs is 1. The van der Waals surface area contributed by atoms with E-state index in [9.17, 15) is 10.1 Å². The first-order valence-corrected chi connectivity index (χ1v) is 3.95. The number of halogens is 1. The lowest BCUT2D eigenvalue weighted by Gasteiger charge is -1.92. The van der Waals surface area contributed by atoms with E-state index in [2.05, 4.69) is 4.98 Å². The topological polar surface area (TPSA) is 95.2 Å². The zero-order chi connectivity index (χ0) is 10.3. The predicted octanol–water partition coefficient (Wildman–Crippen LogP) is 1.97. The highest BCUT2D eigenvalue weighted by Crippen LogP contribution is 2.29. The number of anilines is 1. The molecule has 0 radical (unpaired) electrons. The monoisotopic (exact) mass is 213 g/mol. The number of hydrogen-bond donors (Lipinski definition) is 1. The Morgan fingerprint density at radius 3 is 2.93 bits per heavy atom. The molecular weight excluding hydrogens is 210 g/mol. The summed E-state index contributed by atoms with van der Waals surface area (Å²) < 4.78 is 4.95. The Hall–Kier alpha value is -1.82. The number of non-ortho nitro benzene ring substituents is 1. The van der Waals surface area contributed by atoms with Gasteiger partial charge in [-0.3, -0.25) is 10.1 Å². The third-order valence-corrected chi connectivity index (χ3v) is 1.94. The van der Waals surface area contributed by atoms with Gasteiger partial charge in [0.25, 0.3) is 11.7 Å². The second-order valence-electron chi connectivity index (χ2n) is 2.59. The van der Waals surface area contributed by atoms with E-state index < -0.39 is 4.92 Å². The number of hydrogen-bond acceptors (Lipinski definition) is 5. The van der Waals surface area contributed by atoms with Gasteiger partial charge < -0.3 is 10.2 Å². The van der Waals surface area contributed by atoms with Crippen molar-refractivity contribution in [3.63, 3.8) is 0 Å². The molecule has 0 amide bonds. The van der Waals surface area contributed by atoms with E-state index in [4.69, 9.17) is 21.8 Å². The van der Waals surface area contributed by atoms with Gasteiger partial charge in [-0.2, -0.15) is 4.98 Å². The van der Waals surface area contributed by atoms with E-state index in [1.807, 2.05) is 0 Å². The maximum Gasteiger partial charge on any atom is 0.293 e. The second-order valence-corrected chi connectivity index (χ2v) is 2.99. The molecule has 0 saturated heterocycles. The molecule has 1 aromatic heterocycles. The normalized spacial score (nSPS) is 10.6. The van der Waals surface area contributed by atoms with Gasteiger partial charge in [0.15, 0.2) is 5.58 Å². The average molecular weight is 214 g/mol. The van der Waals surface area contributed by atoms with E-state index in [0.717, 1.165) is 0 Å². The van der Waals surface area contributed by atoms with Crippen LogP contribution in [0.5, 0.6) is 0 Å².